The monoisotopic (exact) mass is 275 g/mol. The van der Waals surface area contributed by atoms with Crippen molar-refractivity contribution in [1.29, 1.82) is 0 Å². The van der Waals surface area contributed by atoms with Gasteiger partial charge in [-0.1, -0.05) is 0 Å². The van der Waals surface area contributed by atoms with E-state index in [2.05, 4.69) is 9.97 Å². The maximum atomic E-state index is 12.5. The molecule has 0 spiro atoms. The normalized spacial score (nSPS) is 13.3. The topological polar surface area (TPSA) is 74.8 Å². The molecule has 1 rings (SSSR count). The van der Waals surface area contributed by atoms with E-state index >= 15 is 0 Å². The third kappa shape index (κ3) is 3.40. The zero-order chi connectivity index (χ0) is 13.3. The van der Waals surface area contributed by atoms with Gasteiger partial charge < -0.3 is 4.98 Å². The second kappa shape index (κ2) is 4.61. The molecule has 10 heteroatoms. The summed E-state index contributed by atoms with van der Waals surface area (Å²) in [5, 5.41) is -0.458. The quantitative estimate of drug-likeness (QED) is 0.784. The number of imidazole rings is 1. The molecular formula is C7H9F4N3O2S. The number of rotatable bonds is 5. The second-order valence-electron chi connectivity index (χ2n) is 3.22. The number of nitrogens with one attached hydrogen (secondary N) is 2. The SMILES string of the molecule is Cc1ncc(S(=O)(=O)NCC(F)(F)C(F)F)[nH]1. The highest BCUT2D eigenvalue weighted by Gasteiger charge is 2.41. The molecule has 0 unspecified atom stereocenters. The Morgan fingerprint density at radius 3 is 2.53 bits per heavy atom. The van der Waals surface area contributed by atoms with Crippen LogP contribution in [0.25, 0.3) is 0 Å². The van der Waals surface area contributed by atoms with Gasteiger partial charge >= 0.3 is 12.3 Å². The maximum Gasteiger partial charge on any atom is 0.320 e. The van der Waals surface area contributed by atoms with E-state index in [9.17, 15) is 26.0 Å². The third-order valence-corrected chi connectivity index (χ3v) is 3.10. The van der Waals surface area contributed by atoms with Crippen molar-refractivity contribution in [3.63, 3.8) is 0 Å². The summed E-state index contributed by atoms with van der Waals surface area (Å²) in [7, 11) is -4.29. The molecule has 0 saturated carbocycles. The Morgan fingerprint density at radius 2 is 2.12 bits per heavy atom. The van der Waals surface area contributed by atoms with Gasteiger partial charge in [0.1, 0.15) is 5.82 Å². The van der Waals surface area contributed by atoms with Gasteiger partial charge in [0.25, 0.3) is 10.0 Å². The Kier molecular flexibility index (Phi) is 3.77. The van der Waals surface area contributed by atoms with Crippen LogP contribution < -0.4 is 4.72 Å². The van der Waals surface area contributed by atoms with Gasteiger partial charge in [-0.15, -0.1) is 0 Å². The van der Waals surface area contributed by atoms with Crippen molar-refractivity contribution in [3.8, 4) is 0 Å². The highest BCUT2D eigenvalue weighted by Crippen LogP contribution is 2.22. The van der Waals surface area contributed by atoms with E-state index in [0.29, 0.717) is 0 Å². The van der Waals surface area contributed by atoms with Crippen LogP contribution >= 0.6 is 0 Å². The molecule has 0 aliphatic heterocycles. The fourth-order valence-corrected chi connectivity index (χ4v) is 1.89. The first kappa shape index (κ1) is 13.9. The minimum atomic E-state index is -4.41. The van der Waals surface area contributed by atoms with Crippen LogP contribution in [0.1, 0.15) is 5.82 Å². The van der Waals surface area contributed by atoms with Crippen LogP contribution in [0.15, 0.2) is 11.2 Å². The Balaban J connectivity index is 2.76. The van der Waals surface area contributed by atoms with Gasteiger partial charge in [0.05, 0.1) is 12.7 Å². The fourth-order valence-electron chi connectivity index (χ4n) is 0.881. The van der Waals surface area contributed by atoms with Crippen LogP contribution in [0.5, 0.6) is 0 Å². The molecule has 0 radical (unpaired) electrons. The van der Waals surface area contributed by atoms with Crippen LogP contribution in [0.2, 0.25) is 0 Å². The van der Waals surface area contributed by atoms with Crippen LogP contribution in [-0.2, 0) is 10.0 Å². The summed E-state index contributed by atoms with van der Waals surface area (Å²) >= 11 is 0. The number of aromatic nitrogens is 2. The molecule has 0 aliphatic rings. The van der Waals surface area contributed by atoms with Gasteiger partial charge in [-0.2, -0.15) is 8.78 Å². The molecule has 0 aromatic carbocycles. The van der Waals surface area contributed by atoms with E-state index in [1.807, 2.05) is 0 Å². The van der Waals surface area contributed by atoms with Gasteiger partial charge in [0.15, 0.2) is 5.03 Å². The first-order valence-corrected chi connectivity index (χ1v) is 5.81. The summed E-state index contributed by atoms with van der Waals surface area (Å²) in [6.07, 6.45) is -3.04. The molecule has 0 saturated heterocycles. The minimum Gasteiger partial charge on any atom is -0.332 e. The number of nitrogens with zero attached hydrogens (tertiary/aromatic N) is 1. The predicted octanol–water partition coefficient (Wildman–Crippen LogP) is 0.897. The van der Waals surface area contributed by atoms with Gasteiger partial charge in [-0.3, -0.25) is 0 Å². The van der Waals surface area contributed by atoms with E-state index < -0.39 is 33.9 Å². The first-order valence-electron chi connectivity index (χ1n) is 4.32. The average Bonchev–Trinajstić information content (AvgIpc) is 2.63. The minimum absolute atomic E-state index is 0.256. The molecule has 0 fully saturated rings. The highest BCUT2D eigenvalue weighted by atomic mass is 32.2. The summed E-state index contributed by atoms with van der Waals surface area (Å²) in [6.45, 7) is -0.224. The number of hydrogen-bond donors (Lipinski definition) is 2. The van der Waals surface area contributed by atoms with Crippen molar-refractivity contribution in [2.45, 2.75) is 24.3 Å². The molecule has 0 bridgehead atoms. The maximum absolute atomic E-state index is 12.5. The molecule has 0 atom stereocenters. The summed E-state index contributed by atoms with van der Waals surface area (Å²) in [6, 6.07) is 0. The van der Waals surface area contributed by atoms with Crippen molar-refractivity contribution >= 4 is 10.0 Å². The zero-order valence-corrected chi connectivity index (χ0v) is 9.36. The summed E-state index contributed by atoms with van der Waals surface area (Å²) < 4.78 is 72.7. The summed E-state index contributed by atoms with van der Waals surface area (Å²) in [4.78, 5) is 5.84. The van der Waals surface area contributed by atoms with Crippen LogP contribution in [-0.4, -0.2) is 37.3 Å². The number of sulfonamides is 1. The van der Waals surface area contributed by atoms with E-state index in [4.69, 9.17) is 0 Å². The number of alkyl halides is 4. The number of halogens is 4. The molecule has 5 nitrogen and oxygen atoms in total. The first-order chi connectivity index (χ1) is 7.65. The molecule has 1 aromatic rings. The highest BCUT2D eigenvalue weighted by molar-refractivity contribution is 7.89. The van der Waals surface area contributed by atoms with Gasteiger partial charge in [-0.25, -0.2) is 26.9 Å². The number of aryl methyl sites for hydroxylation is 1. The molecule has 0 amide bonds. The van der Waals surface area contributed by atoms with Crippen molar-refractivity contribution < 1.29 is 26.0 Å². The Labute approximate surface area is 94.3 Å². The van der Waals surface area contributed by atoms with Gasteiger partial charge in [0.2, 0.25) is 0 Å². The van der Waals surface area contributed by atoms with Crippen LogP contribution in [0.3, 0.4) is 0 Å². The Hall–Kier alpha value is -1.16. The lowest BCUT2D eigenvalue weighted by molar-refractivity contribution is -0.122. The van der Waals surface area contributed by atoms with E-state index in [1.165, 1.54) is 11.6 Å². The van der Waals surface area contributed by atoms with Crippen molar-refractivity contribution in [1.82, 2.24) is 14.7 Å². The van der Waals surface area contributed by atoms with Crippen molar-refractivity contribution in [2.75, 3.05) is 6.54 Å². The van der Waals surface area contributed by atoms with Gasteiger partial charge in [-0.05, 0) is 6.92 Å². The zero-order valence-electron chi connectivity index (χ0n) is 8.55. The van der Waals surface area contributed by atoms with E-state index in [-0.39, 0.29) is 5.82 Å². The smallest absolute Gasteiger partial charge is 0.320 e. The second-order valence-corrected chi connectivity index (χ2v) is 4.95. The van der Waals surface area contributed by atoms with E-state index in [1.54, 1.807) is 0 Å². The van der Waals surface area contributed by atoms with Gasteiger partial charge in [0, 0.05) is 0 Å². The fraction of sp³-hybridized carbons (Fsp3) is 0.571. The van der Waals surface area contributed by atoms with E-state index in [0.717, 1.165) is 6.20 Å². The molecule has 0 aliphatic carbocycles. The van der Waals surface area contributed by atoms with Crippen LogP contribution in [0.4, 0.5) is 17.6 Å². The standard InChI is InChI=1S/C7H9F4N3O2S/c1-4-12-2-5(14-4)17(15,16)13-3-7(10,11)6(8)9/h2,6,13H,3H2,1H3,(H,12,14). The number of H-pyrrole nitrogens is 1. The lowest BCUT2D eigenvalue weighted by Gasteiger charge is -2.15. The molecule has 98 valence electrons. The molecule has 2 N–H and O–H groups in total. The third-order valence-electron chi connectivity index (χ3n) is 1.79. The average molecular weight is 275 g/mol. The lowest BCUT2D eigenvalue weighted by Crippen LogP contribution is -2.41. The number of aromatic amines is 1. The largest absolute Gasteiger partial charge is 0.332 e. The summed E-state index contributed by atoms with van der Waals surface area (Å²) in [5.74, 6) is -4.16. The molecule has 17 heavy (non-hydrogen) atoms. The Morgan fingerprint density at radius 1 is 1.53 bits per heavy atom. The van der Waals surface area contributed by atoms with Crippen LogP contribution in [0, 0.1) is 6.92 Å². The molecule has 1 heterocycles. The lowest BCUT2D eigenvalue weighted by atomic mass is 10.4. The Bertz CT molecular complexity index is 485. The molecule has 1 aromatic heterocycles. The summed E-state index contributed by atoms with van der Waals surface area (Å²) in [5.41, 5.74) is 0. The molecular weight excluding hydrogens is 266 g/mol. The predicted molar refractivity (Wildman–Crippen MR) is 49.5 cm³/mol. The van der Waals surface area contributed by atoms with Crippen molar-refractivity contribution in [3.05, 3.63) is 12.0 Å². The van der Waals surface area contributed by atoms with Crippen molar-refractivity contribution in [2.24, 2.45) is 0 Å². The number of hydrogen-bond acceptors (Lipinski definition) is 3.